The molecule has 3 atom stereocenters. The molecule has 1 aromatic carbocycles. The largest absolute Gasteiger partial charge is 0.493 e. The van der Waals surface area contributed by atoms with Gasteiger partial charge in [0.05, 0.1) is 19.1 Å². The maximum Gasteiger partial charge on any atom is 0.308 e. The second-order valence-electron chi connectivity index (χ2n) is 10.1. The summed E-state index contributed by atoms with van der Waals surface area (Å²) in [4.78, 5) is 30.2. The summed E-state index contributed by atoms with van der Waals surface area (Å²) >= 11 is 0. The quantitative estimate of drug-likeness (QED) is 0.454. The third-order valence-electron chi connectivity index (χ3n) is 7.64. The monoisotopic (exact) mass is 496 g/mol. The number of carboxylic acids is 1. The molecule has 0 saturated carbocycles. The molecule has 1 aromatic heterocycles. The molecule has 2 aliphatic rings. The Balaban J connectivity index is 1.58. The number of aromatic nitrogens is 2. The standard InChI is InChI=1S/C28H40N4O4/c1-3-5-13-30(14-6-4-2)26(33)20-31-19-23(21-8-9-25-22(18-21)11-17-36-25)27(28(34)35)24(31)10-16-32-15-7-12-29-32/h7-9,12,15,18,23-24,27H,3-6,10-11,13-14,16-17,19-20H2,1-2H3,(H,34,35)/t23-,24-,27+/m1/s1. The number of carbonyl (C=O) groups is 2. The predicted molar refractivity (Wildman–Crippen MR) is 138 cm³/mol. The van der Waals surface area contributed by atoms with E-state index in [1.807, 2.05) is 34.0 Å². The normalized spacial score (nSPS) is 21.3. The molecule has 4 rings (SSSR count). The third kappa shape index (κ3) is 6.09. The fraction of sp³-hybridized carbons (Fsp3) is 0.607. The van der Waals surface area contributed by atoms with Gasteiger partial charge in [0.25, 0.3) is 0 Å². The molecule has 8 heteroatoms. The fourth-order valence-electron chi connectivity index (χ4n) is 5.66. The van der Waals surface area contributed by atoms with Gasteiger partial charge in [-0.05, 0) is 42.5 Å². The average Bonchev–Trinajstić information content (AvgIpc) is 3.62. The van der Waals surface area contributed by atoms with E-state index in [4.69, 9.17) is 4.74 Å². The van der Waals surface area contributed by atoms with Gasteiger partial charge in [0.2, 0.25) is 5.91 Å². The highest BCUT2D eigenvalue weighted by Gasteiger charge is 2.47. The van der Waals surface area contributed by atoms with Crippen molar-refractivity contribution in [3.8, 4) is 5.75 Å². The molecular weight excluding hydrogens is 456 g/mol. The van der Waals surface area contributed by atoms with Crippen molar-refractivity contribution in [1.29, 1.82) is 0 Å². The van der Waals surface area contributed by atoms with Gasteiger partial charge in [0.15, 0.2) is 0 Å². The zero-order chi connectivity index (χ0) is 25.5. The lowest BCUT2D eigenvalue weighted by Crippen LogP contribution is -2.45. The maximum absolute atomic E-state index is 13.5. The minimum absolute atomic E-state index is 0.105. The summed E-state index contributed by atoms with van der Waals surface area (Å²) < 4.78 is 7.51. The molecule has 1 saturated heterocycles. The van der Waals surface area contributed by atoms with Crippen LogP contribution in [0.25, 0.3) is 0 Å². The number of amides is 1. The number of carbonyl (C=O) groups excluding carboxylic acids is 1. The Morgan fingerprint density at radius 1 is 1.19 bits per heavy atom. The zero-order valence-electron chi connectivity index (χ0n) is 21.6. The van der Waals surface area contributed by atoms with Gasteiger partial charge in [-0.15, -0.1) is 0 Å². The number of rotatable bonds is 13. The van der Waals surface area contributed by atoms with Gasteiger partial charge in [-0.3, -0.25) is 19.2 Å². The number of likely N-dealkylation sites (tertiary alicyclic amines) is 1. The van der Waals surface area contributed by atoms with Crippen LogP contribution in [0.4, 0.5) is 0 Å². The topological polar surface area (TPSA) is 87.9 Å². The van der Waals surface area contributed by atoms with Crippen LogP contribution in [0.15, 0.2) is 36.7 Å². The minimum atomic E-state index is -0.800. The van der Waals surface area contributed by atoms with Crippen LogP contribution in [0.2, 0.25) is 0 Å². The summed E-state index contributed by atoms with van der Waals surface area (Å²) in [6, 6.07) is 7.73. The number of nitrogens with zero attached hydrogens (tertiary/aromatic N) is 4. The molecule has 8 nitrogen and oxygen atoms in total. The number of aryl methyl sites for hydroxylation is 1. The Morgan fingerprint density at radius 2 is 1.97 bits per heavy atom. The Morgan fingerprint density at radius 3 is 2.64 bits per heavy atom. The van der Waals surface area contributed by atoms with E-state index in [9.17, 15) is 14.7 Å². The van der Waals surface area contributed by atoms with Crippen molar-refractivity contribution in [2.24, 2.45) is 5.92 Å². The Hall–Kier alpha value is -2.87. The first-order valence-corrected chi connectivity index (χ1v) is 13.5. The first-order valence-electron chi connectivity index (χ1n) is 13.5. The van der Waals surface area contributed by atoms with Crippen LogP contribution in [-0.4, -0.2) is 75.4 Å². The summed E-state index contributed by atoms with van der Waals surface area (Å²) in [5.74, 6) is -0.565. The fourth-order valence-corrected chi connectivity index (χ4v) is 5.66. The highest BCUT2D eigenvalue weighted by Crippen LogP contribution is 2.41. The van der Waals surface area contributed by atoms with E-state index in [2.05, 4.69) is 29.9 Å². The van der Waals surface area contributed by atoms with Crippen LogP contribution >= 0.6 is 0 Å². The van der Waals surface area contributed by atoms with Crippen molar-refractivity contribution in [2.75, 3.05) is 32.8 Å². The van der Waals surface area contributed by atoms with E-state index in [1.54, 1.807) is 6.20 Å². The molecule has 1 amide bonds. The number of unbranched alkanes of at least 4 members (excludes halogenated alkanes) is 2. The minimum Gasteiger partial charge on any atom is -0.493 e. The molecule has 0 unspecified atom stereocenters. The lowest BCUT2D eigenvalue weighted by molar-refractivity contribution is -0.144. The molecule has 0 bridgehead atoms. The molecule has 3 heterocycles. The van der Waals surface area contributed by atoms with E-state index >= 15 is 0 Å². The van der Waals surface area contributed by atoms with E-state index in [0.717, 1.165) is 62.1 Å². The van der Waals surface area contributed by atoms with E-state index in [0.29, 0.717) is 26.1 Å². The number of fused-ring (bicyclic) bond motifs is 1. The summed E-state index contributed by atoms with van der Waals surface area (Å²) in [5.41, 5.74) is 2.17. The van der Waals surface area contributed by atoms with Crippen molar-refractivity contribution in [3.63, 3.8) is 0 Å². The summed E-state index contributed by atoms with van der Waals surface area (Å²) in [6.45, 7) is 7.90. The summed E-state index contributed by atoms with van der Waals surface area (Å²) in [5, 5.41) is 14.7. The van der Waals surface area contributed by atoms with E-state index < -0.39 is 11.9 Å². The SMILES string of the molecule is CCCCN(CCCC)C(=O)CN1C[C@H](c2ccc3c(c2)CCO3)[C@H](C(=O)O)[C@H]1CCn1cccn1. The number of hydrogen-bond acceptors (Lipinski definition) is 5. The van der Waals surface area contributed by atoms with Crippen LogP contribution in [-0.2, 0) is 22.6 Å². The molecule has 196 valence electrons. The van der Waals surface area contributed by atoms with Crippen molar-refractivity contribution in [1.82, 2.24) is 19.6 Å². The number of carboxylic acid groups (broad SMARTS) is 1. The molecule has 0 aliphatic carbocycles. The second kappa shape index (κ2) is 12.4. The molecule has 36 heavy (non-hydrogen) atoms. The zero-order valence-corrected chi connectivity index (χ0v) is 21.6. The smallest absolute Gasteiger partial charge is 0.308 e. The predicted octanol–water partition coefficient (Wildman–Crippen LogP) is 3.81. The molecule has 1 N–H and O–H groups in total. The summed E-state index contributed by atoms with van der Waals surface area (Å²) in [7, 11) is 0. The van der Waals surface area contributed by atoms with Gasteiger partial charge >= 0.3 is 5.97 Å². The number of benzene rings is 1. The van der Waals surface area contributed by atoms with E-state index in [-0.39, 0.29) is 24.4 Å². The summed E-state index contributed by atoms with van der Waals surface area (Å²) in [6.07, 6.45) is 9.15. The lowest BCUT2D eigenvalue weighted by atomic mass is 9.83. The Bertz CT molecular complexity index is 1000. The van der Waals surface area contributed by atoms with Gasteiger partial charge in [0, 0.05) is 57.0 Å². The van der Waals surface area contributed by atoms with Crippen LogP contribution in [0.5, 0.6) is 5.75 Å². The van der Waals surface area contributed by atoms with Gasteiger partial charge in [-0.1, -0.05) is 38.8 Å². The van der Waals surface area contributed by atoms with Crippen molar-refractivity contribution in [3.05, 3.63) is 47.8 Å². The molecular formula is C28H40N4O4. The Labute approximate surface area is 214 Å². The van der Waals surface area contributed by atoms with Crippen LogP contribution in [0, 0.1) is 5.92 Å². The molecule has 0 radical (unpaired) electrons. The first-order chi connectivity index (χ1) is 17.5. The number of ether oxygens (including phenoxy) is 1. The van der Waals surface area contributed by atoms with Crippen molar-refractivity contribution >= 4 is 11.9 Å². The Kier molecular flexibility index (Phi) is 9.02. The number of aliphatic carboxylic acids is 1. The van der Waals surface area contributed by atoms with Crippen molar-refractivity contribution in [2.45, 2.75) is 70.9 Å². The highest BCUT2D eigenvalue weighted by atomic mass is 16.5. The second-order valence-corrected chi connectivity index (χ2v) is 10.1. The van der Waals surface area contributed by atoms with Crippen LogP contribution in [0.1, 0.15) is 63.0 Å². The van der Waals surface area contributed by atoms with Gasteiger partial charge in [-0.2, -0.15) is 5.10 Å². The van der Waals surface area contributed by atoms with Crippen LogP contribution < -0.4 is 4.74 Å². The lowest BCUT2D eigenvalue weighted by Gasteiger charge is -2.29. The first kappa shape index (κ1) is 26.2. The van der Waals surface area contributed by atoms with Crippen molar-refractivity contribution < 1.29 is 19.4 Å². The average molecular weight is 497 g/mol. The maximum atomic E-state index is 13.5. The molecule has 1 fully saturated rings. The van der Waals surface area contributed by atoms with Crippen LogP contribution in [0.3, 0.4) is 0 Å². The molecule has 0 spiro atoms. The van der Waals surface area contributed by atoms with E-state index in [1.165, 1.54) is 0 Å². The third-order valence-corrected chi connectivity index (χ3v) is 7.64. The highest BCUT2D eigenvalue weighted by molar-refractivity contribution is 5.79. The van der Waals surface area contributed by atoms with Gasteiger partial charge in [-0.25, -0.2) is 0 Å². The molecule has 2 aromatic rings. The molecule has 2 aliphatic heterocycles. The number of hydrogen-bond donors (Lipinski definition) is 1. The van der Waals surface area contributed by atoms with Gasteiger partial charge < -0.3 is 14.7 Å². The van der Waals surface area contributed by atoms with Gasteiger partial charge in [0.1, 0.15) is 5.75 Å².